The molecule has 2 amide bonds. The van der Waals surface area contributed by atoms with E-state index in [0.29, 0.717) is 18.4 Å². The Morgan fingerprint density at radius 2 is 2.00 bits per heavy atom. The molecule has 0 unspecified atom stereocenters. The molecule has 2 aromatic carbocycles. The van der Waals surface area contributed by atoms with Gasteiger partial charge in [-0.05, 0) is 36.1 Å². The van der Waals surface area contributed by atoms with Gasteiger partial charge in [0.1, 0.15) is 0 Å². The predicted molar refractivity (Wildman–Crippen MR) is 98.0 cm³/mol. The normalized spacial score (nSPS) is 15.6. The van der Waals surface area contributed by atoms with Gasteiger partial charge in [-0.15, -0.1) is 0 Å². The number of aromatic amines is 1. The second-order valence-corrected chi connectivity index (χ2v) is 6.52. The van der Waals surface area contributed by atoms with Gasteiger partial charge in [0.05, 0.1) is 18.0 Å². The number of nitrogens with two attached hydrogens (primary N) is 1. The summed E-state index contributed by atoms with van der Waals surface area (Å²) in [5.74, 6) is -0.596. The van der Waals surface area contributed by atoms with Gasteiger partial charge in [-0.1, -0.05) is 36.4 Å². The fourth-order valence-electron chi connectivity index (χ4n) is 3.58. The van der Waals surface area contributed by atoms with Gasteiger partial charge in [-0.2, -0.15) is 5.10 Å². The molecule has 131 valence electrons. The van der Waals surface area contributed by atoms with Gasteiger partial charge in [-0.25, -0.2) is 0 Å². The van der Waals surface area contributed by atoms with E-state index >= 15 is 0 Å². The largest absolute Gasteiger partial charge is 0.364 e. The Morgan fingerprint density at radius 1 is 1.23 bits per heavy atom. The number of carbonyl (C=O) groups excluding carboxylic acids is 2. The van der Waals surface area contributed by atoms with Crippen LogP contribution < -0.4 is 5.73 Å². The number of H-pyrrole nitrogens is 1. The summed E-state index contributed by atoms with van der Waals surface area (Å²) in [5.41, 5.74) is 9.47. The Bertz CT molecular complexity index is 994. The highest BCUT2D eigenvalue weighted by atomic mass is 16.2. The van der Waals surface area contributed by atoms with Crippen molar-refractivity contribution in [2.45, 2.75) is 25.9 Å². The number of amides is 2. The van der Waals surface area contributed by atoms with Gasteiger partial charge in [0, 0.05) is 11.9 Å². The van der Waals surface area contributed by atoms with Crippen molar-refractivity contribution in [3.8, 4) is 0 Å². The van der Waals surface area contributed by atoms with Gasteiger partial charge < -0.3 is 10.6 Å². The van der Waals surface area contributed by atoms with Gasteiger partial charge >= 0.3 is 0 Å². The molecule has 0 spiro atoms. The van der Waals surface area contributed by atoms with Crippen LogP contribution in [0.25, 0.3) is 10.9 Å². The lowest BCUT2D eigenvalue weighted by Gasteiger charge is -2.29. The monoisotopic (exact) mass is 347 g/mol. The number of benzene rings is 2. The average molecular weight is 347 g/mol. The van der Waals surface area contributed by atoms with Gasteiger partial charge in [-0.3, -0.25) is 14.7 Å². The average Bonchev–Trinajstić information content (AvgIpc) is 3.02. The first-order valence-electron chi connectivity index (χ1n) is 8.53. The molecule has 3 aromatic rings. The van der Waals surface area contributed by atoms with Crippen molar-refractivity contribution in [2.24, 2.45) is 5.73 Å². The van der Waals surface area contributed by atoms with E-state index in [1.54, 1.807) is 6.42 Å². The van der Waals surface area contributed by atoms with Crippen LogP contribution in [0.15, 0.2) is 42.5 Å². The van der Waals surface area contributed by atoms with Crippen LogP contribution in [-0.2, 0) is 17.8 Å². The predicted octanol–water partition coefficient (Wildman–Crippen LogP) is 2.51. The molecule has 0 saturated heterocycles. The SMILES string of the molecule is C[C@H](c1ccccc1)N1Cc2c(ccc3[nH]nc(C(N)=O)c23)C[CH]C1=O. The molecular weight excluding hydrogens is 328 g/mol. The van der Waals surface area contributed by atoms with Gasteiger partial charge in [0.15, 0.2) is 5.69 Å². The summed E-state index contributed by atoms with van der Waals surface area (Å²) in [6.45, 7) is 2.41. The van der Waals surface area contributed by atoms with Crippen LogP contribution in [0.2, 0.25) is 0 Å². The molecule has 26 heavy (non-hydrogen) atoms. The molecular formula is C20H19N4O2. The Balaban J connectivity index is 1.82. The van der Waals surface area contributed by atoms with E-state index in [2.05, 4.69) is 10.2 Å². The first kappa shape index (κ1) is 16.3. The molecule has 2 heterocycles. The van der Waals surface area contributed by atoms with E-state index in [0.717, 1.165) is 22.2 Å². The molecule has 0 fully saturated rings. The molecule has 1 atom stereocenters. The second-order valence-electron chi connectivity index (χ2n) is 6.52. The number of fused-ring (bicyclic) bond motifs is 3. The summed E-state index contributed by atoms with van der Waals surface area (Å²) >= 11 is 0. The van der Waals surface area contributed by atoms with Crippen LogP contribution in [0.4, 0.5) is 0 Å². The smallest absolute Gasteiger partial charge is 0.269 e. The highest BCUT2D eigenvalue weighted by Crippen LogP contribution is 2.32. The number of hydrogen-bond acceptors (Lipinski definition) is 3. The quantitative estimate of drug-likeness (QED) is 0.762. The Kier molecular flexibility index (Phi) is 3.95. The Labute approximate surface area is 151 Å². The molecule has 4 rings (SSSR count). The summed E-state index contributed by atoms with van der Waals surface area (Å²) in [7, 11) is 0. The lowest BCUT2D eigenvalue weighted by molar-refractivity contribution is -0.130. The van der Waals surface area contributed by atoms with Crippen molar-refractivity contribution >= 4 is 22.7 Å². The number of carbonyl (C=O) groups is 2. The van der Waals surface area contributed by atoms with Crippen molar-refractivity contribution in [3.05, 3.63) is 71.3 Å². The number of rotatable bonds is 3. The highest BCUT2D eigenvalue weighted by Gasteiger charge is 2.28. The van der Waals surface area contributed by atoms with E-state index in [9.17, 15) is 9.59 Å². The third-order valence-electron chi connectivity index (χ3n) is 5.03. The van der Waals surface area contributed by atoms with E-state index < -0.39 is 5.91 Å². The summed E-state index contributed by atoms with van der Waals surface area (Å²) in [5, 5.41) is 7.64. The minimum atomic E-state index is -0.577. The van der Waals surface area contributed by atoms with E-state index in [-0.39, 0.29) is 17.6 Å². The zero-order valence-electron chi connectivity index (χ0n) is 14.4. The molecule has 3 N–H and O–H groups in total. The van der Waals surface area contributed by atoms with E-state index in [1.165, 1.54) is 0 Å². The molecule has 0 aliphatic carbocycles. The maximum Gasteiger partial charge on any atom is 0.269 e. The topological polar surface area (TPSA) is 92.1 Å². The molecule has 1 radical (unpaired) electrons. The minimum absolute atomic E-state index is 0.0187. The first-order chi connectivity index (χ1) is 12.6. The molecule has 6 nitrogen and oxygen atoms in total. The van der Waals surface area contributed by atoms with Crippen LogP contribution in [0.1, 0.15) is 40.1 Å². The van der Waals surface area contributed by atoms with Crippen LogP contribution in [0, 0.1) is 6.42 Å². The summed E-state index contributed by atoms with van der Waals surface area (Å²) in [4.78, 5) is 26.4. The maximum absolute atomic E-state index is 12.7. The number of hydrogen-bond donors (Lipinski definition) is 2. The van der Waals surface area contributed by atoms with Gasteiger partial charge in [0.25, 0.3) is 5.91 Å². The van der Waals surface area contributed by atoms with Crippen molar-refractivity contribution in [1.29, 1.82) is 0 Å². The molecule has 1 aliphatic rings. The van der Waals surface area contributed by atoms with Crippen molar-refractivity contribution in [1.82, 2.24) is 15.1 Å². The first-order valence-corrected chi connectivity index (χ1v) is 8.53. The summed E-state index contributed by atoms with van der Waals surface area (Å²) in [6.07, 6.45) is 2.21. The van der Waals surface area contributed by atoms with Crippen molar-refractivity contribution < 1.29 is 9.59 Å². The summed E-state index contributed by atoms with van der Waals surface area (Å²) in [6, 6.07) is 13.7. The number of primary amides is 1. The minimum Gasteiger partial charge on any atom is -0.364 e. The molecule has 6 heteroatoms. The number of aromatic nitrogens is 2. The standard InChI is InChI=1S/C20H19N4O2/c1-12(13-5-3-2-4-6-13)24-11-15-14(8-10-17(24)25)7-9-16-18(15)19(20(21)26)23-22-16/h2-7,9-10,12H,8,11H2,1H3,(H2,21,26)(H,22,23)/t12-/m1/s1. The van der Waals surface area contributed by atoms with Crippen molar-refractivity contribution in [2.75, 3.05) is 0 Å². The van der Waals surface area contributed by atoms with Crippen molar-refractivity contribution in [3.63, 3.8) is 0 Å². The van der Waals surface area contributed by atoms with E-state index in [4.69, 9.17) is 5.73 Å². The Morgan fingerprint density at radius 3 is 2.73 bits per heavy atom. The number of nitrogens with zero attached hydrogens (tertiary/aromatic N) is 2. The van der Waals surface area contributed by atoms with Crippen LogP contribution >= 0.6 is 0 Å². The fourth-order valence-corrected chi connectivity index (χ4v) is 3.58. The lowest BCUT2D eigenvalue weighted by Crippen LogP contribution is -2.32. The third kappa shape index (κ3) is 2.63. The maximum atomic E-state index is 12.7. The van der Waals surface area contributed by atoms with Crippen LogP contribution in [-0.4, -0.2) is 26.9 Å². The second kappa shape index (κ2) is 6.29. The summed E-state index contributed by atoms with van der Waals surface area (Å²) < 4.78 is 0. The van der Waals surface area contributed by atoms with Crippen LogP contribution in [0.5, 0.6) is 0 Å². The van der Waals surface area contributed by atoms with Gasteiger partial charge in [0.2, 0.25) is 5.91 Å². The third-order valence-corrected chi connectivity index (χ3v) is 5.03. The lowest BCUT2D eigenvalue weighted by atomic mass is 9.98. The fraction of sp³-hybridized carbons (Fsp3) is 0.200. The Hall–Kier alpha value is -3.15. The molecule has 1 aromatic heterocycles. The zero-order valence-corrected chi connectivity index (χ0v) is 14.4. The zero-order chi connectivity index (χ0) is 18.3. The van der Waals surface area contributed by atoms with E-state index in [1.807, 2.05) is 54.3 Å². The molecule has 1 aliphatic heterocycles. The number of nitrogens with one attached hydrogen (secondary N) is 1. The highest BCUT2D eigenvalue weighted by molar-refractivity contribution is 6.05. The molecule has 0 bridgehead atoms. The molecule has 0 saturated carbocycles. The van der Waals surface area contributed by atoms with Crippen LogP contribution in [0.3, 0.4) is 0 Å².